The number of benzene rings is 2. The Hall–Kier alpha value is -4.32. The average Bonchev–Trinajstić information content (AvgIpc) is 2.84. The Morgan fingerprint density at radius 1 is 1.00 bits per heavy atom. The topological polar surface area (TPSA) is 171 Å². The molecule has 0 aliphatic rings. The van der Waals surface area contributed by atoms with Gasteiger partial charge < -0.3 is 26.2 Å². The minimum Gasteiger partial charge on any atom is -0.391 e. The van der Waals surface area contributed by atoms with Gasteiger partial charge in [-0.15, -0.1) is 0 Å². The van der Waals surface area contributed by atoms with Gasteiger partial charge in [0.15, 0.2) is 0 Å². The van der Waals surface area contributed by atoms with E-state index in [0.29, 0.717) is 5.69 Å². The SMILES string of the molecule is Cc1ccc(NS(=O)(=O)c2ccc(-c3ccccc3)cc2)c(=O)n1CC(=O)NCCON=C(N)N. The molecule has 1 heterocycles. The lowest BCUT2D eigenvalue weighted by molar-refractivity contribution is -0.122. The van der Waals surface area contributed by atoms with E-state index in [-0.39, 0.29) is 36.2 Å². The number of nitrogens with zero attached hydrogens (tertiary/aromatic N) is 2. The largest absolute Gasteiger partial charge is 0.391 e. The highest BCUT2D eigenvalue weighted by atomic mass is 32.2. The summed E-state index contributed by atoms with van der Waals surface area (Å²) in [7, 11) is -4.03. The van der Waals surface area contributed by atoms with E-state index >= 15 is 0 Å². The van der Waals surface area contributed by atoms with Crippen molar-refractivity contribution in [1.29, 1.82) is 0 Å². The van der Waals surface area contributed by atoms with Crippen LogP contribution in [0.1, 0.15) is 5.69 Å². The summed E-state index contributed by atoms with van der Waals surface area (Å²) >= 11 is 0. The summed E-state index contributed by atoms with van der Waals surface area (Å²) < 4.78 is 29.3. The first kappa shape index (κ1) is 25.3. The molecule has 184 valence electrons. The van der Waals surface area contributed by atoms with Crippen molar-refractivity contribution >= 4 is 27.6 Å². The molecule has 0 fully saturated rings. The van der Waals surface area contributed by atoms with Gasteiger partial charge in [-0.05, 0) is 47.5 Å². The molecular weight excluding hydrogens is 472 g/mol. The molecular formula is C23H26N6O5S. The van der Waals surface area contributed by atoms with E-state index in [1.54, 1.807) is 25.1 Å². The summed E-state index contributed by atoms with van der Waals surface area (Å²) in [6, 6.07) is 18.8. The Bertz CT molecular complexity index is 1370. The van der Waals surface area contributed by atoms with Crippen LogP contribution in [-0.4, -0.2) is 38.0 Å². The van der Waals surface area contributed by atoms with Crippen molar-refractivity contribution in [3.8, 4) is 11.1 Å². The zero-order chi connectivity index (χ0) is 25.4. The highest BCUT2D eigenvalue weighted by Gasteiger charge is 2.18. The van der Waals surface area contributed by atoms with Crippen molar-refractivity contribution in [2.24, 2.45) is 16.6 Å². The lowest BCUT2D eigenvalue weighted by Crippen LogP contribution is -2.36. The number of aromatic nitrogens is 1. The Morgan fingerprint density at radius 2 is 1.66 bits per heavy atom. The van der Waals surface area contributed by atoms with Gasteiger partial charge in [0.25, 0.3) is 15.6 Å². The summed E-state index contributed by atoms with van der Waals surface area (Å²) in [5, 5.41) is 5.88. The van der Waals surface area contributed by atoms with Crippen LogP contribution < -0.4 is 27.1 Å². The van der Waals surface area contributed by atoms with Crippen molar-refractivity contribution in [2.45, 2.75) is 18.4 Å². The van der Waals surface area contributed by atoms with Gasteiger partial charge >= 0.3 is 0 Å². The molecule has 0 aliphatic carbocycles. The second kappa shape index (κ2) is 11.2. The van der Waals surface area contributed by atoms with Crippen LogP contribution in [0.4, 0.5) is 5.69 Å². The molecule has 2 aromatic carbocycles. The van der Waals surface area contributed by atoms with Crippen LogP contribution in [0.3, 0.4) is 0 Å². The second-order valence-corrected chi connectivity index (χ2v) is 9.16. The molecule has 35 heavy (non-hydrogen) atoms. The van der Waals surface area contributed by atoms with Crippen LogP contribution in [0.15, 0.2) is 81.6 Å². The standard InChI is InChI=1S/C23H26N6O5S/c1-16-7-12-20(22(31)29(16)15-21(30)26-13-14-34-27-23(24)25)28-35(32,33)19-10-8-18(9-11-19)17-5-3-2-4-6-17/h2-12,28H,13-15H2,1H3,(H,26,30)(H4,24,25,27). The molecule has 3 rings (SSSR count). The number of rotatable bonds is 10. The molecule has 11 nitrogen and oxygen atoms in total. The molecule has 3 aromatic rings. The van der Waals surface area contributed by atoms with E-state index in [4.69, 9.17) is 16.3 Å². The third kappa shape index (κ3) is 6.84. The normalized spacial score (nSPS) is 10.9. The Balaban J connectivity index is 1.71. The van der Waals surface area contributed by atoms with Crippen molar-refractivity contribution in [3.05, 3.63) is 82.8 Å². The van der Waals surface area contributed by atoms with Crippen LogP contribution in [0.2, 0.25) is 0 Å². The maximum atomic E-state index is 12.9. The van der Waals surface area contributed by atoms with Crippen LogP contribution in [-0.2, 0) is 26.2 Å². The van der Waals surface area contributed by atoms with E-state index in [1.807, 2.05) is 30.3 Å². The maximum Gasteiger partial charge on any atom is 0.275 e. The summed E-state index contributed by atoms with van der Waals surface area (Å²) in [6.45, 7) is 1.46. The van der Waals surface area contributed by atoms with Crippen LogP contribution >= 0.6 is 0 Å². The van der Waals surface area contributed by atoms with Crippen LogP contribution in [0.25, 0.3) is 11.1 Å². The molecule has 1 amide bonds. The van der Waals surface area contributed by atoms with E-state index in [0.717, 1.165) is 11.1 Å². The first-order valence-electron chi connectivity index (χ1n) is 10.5. The minimum absolute atomic E-state index is 0.00206. The quantitative estimate of drug-likeness (QED) is 0.139. The van der Waals surface area contributed by atoms with Crippen LogP contribution in [0.5, 0.6) is 0 Å². The Kier molecular flexibility index (Phi) is 8.10. The summed E-state index contributed by atoms with van der Waals surface area (Å²) in [6.07, 6.45) is 0. The number of nitrogens with two attached hydrogens (primary N) is 2. The molecule has 12 heteroatoms. The molecule has 0 atom stereocenters. The average molecular weight is 499 g/mol. The Morgan fingerprint density at radius 3 is 2.31 bits per heavy atom. The number of guanidine groups is 1. The number of carbonyl (C=O) groups excluding carboxylic acids is 1. The summed E-state index contributed by atoms with van der Waals surface area (Å²) in [4.78, 5) is 29.9. The highest BCUT2D eigenvalue weighted by molar-refractivity contribution is 7.92. The minimum atomic E-state index is -4.03. The number of pyridine rings is 1. The van der Waals surface area contributed by atoms with Crippen molar-refractivity contribution in [2.75, 3.05) is 17.9 Å². The number of anilines is 1. The molecule has 0 radical (unpaired) electrons. The number of hydrogen-bond acceptors (Lipinski definition) is 6. The zero-order valence-corrected chi connectivity index (χ0v) is 19.8. The van der Waals surface area contributed by atoms with Crippen molar-refractivity contribution in [3.63, 3.8) is 0 Å². The molecule has 0 bridgehead atoms. The number of oxime groups is 1. The number of hydrogen-bond donors (Lipinski definition) is 4. The summed E-state index contributed by atoms with van der Waals surface area (Å²) in [5.41, 5.74) is 11.7. The fourth-order valence-electron chi connectivity index (χ4n) is 3.16. The van der Waals surface area contributed by atoms with Gasteiger partial charge in [0.1, 0.15) is 18.8 Å². The van der Waals surface area contributed by atoms with Gasteiger partial charge in [-0.1, -0.05) is 42.5 Å². The lowest BCUT2D eigenvalue weighted by Gasteiger charge is -2.14. The van der Waals surface area contributed by atoms with E-state index in [2.05, 4.69) is 15.2 Å². The monoisotopic (exact) mass is 498 g/mol. The Labute approximate surface area is 202 Å². The predicted molar refractivity (Wildman–Crippen MR) is 133 cm³/mol. The van der Waals surface area contributed by atoms with Gasteiger partial charge in [-0.3, -0.25) is 14.3 Å². The third-order valence-electron chi connectivity index (χ3n) is 4.90. The molecule has 1 aromatic heterocycles. The number of aryl methyl sites for hydroxylation is 1. The first-order valence-corrected chi connectivity index (χ1v) is 12.0. The highest BCUT2D eigenvalue weighted by Crippen LogP contribution is 2.22. The fraction of sp³-hybridized carbons (Fsp3) is 0.174. The summed E-state index contributed by atoms with van der Waals surface area (Å²) in [5.74, 6) is -0.718. The van der Waals surface area contributed by atoms with Gasteiger partial charge in [-0.25, -0.2) is 8.42 Å². The van der Waals surface area contributed by atoms with Gasteiger partial charge in [0.05, 0.1) is 11.4 Å². The van der Waals surface area contributed by atoms with Gasteiger partial charge in [-0.2, -0.15) is 0 Å². The first-order chi connectivity index (χ1) is 16.7. The zero-order valence-electron chi connectivity index (χ0n) is 19.0. The van der Waals surface area contributed by atoms with Gasteiger partial charge in [0, 0.05) is 5.69 Å². The maximum absolute atomic E-state index is 12.9. The number of carbonyl (C=O) groups is 1. The predicted octanol–water partition coefficient (Wildman–Crippen LogP) is 0.946. The number of amides is 1. The molecule has 6 N–H and O–H groups in total. The van der Waals surface area contributed by atoms with E-state index in [1.165, 1.54) is 22.8 Å². The van der Waals surface area contributed by atoms with Crippen molar-refractivity contribution < 1.29 is 18.0 Å². The van der Waals surface area contributed by atoms with E-state index in [9.17, 15) is 18.0 Å². The van der Waals surface area contributed by atoms with Crippen LogP contribution in [0, 0.1) is 6.92 Å². The molecule has 0 saturated heterocycles. The van der Waals surface area contributed by atoms with Gasteiger partial charge in [0.2, 0.25) is 11.9 Å². The van der Waals surface area contributed by atoms with E-state index < -0.39 is 21.5 Å². The molecule has 0 aliphatic heterocycles. The fourth-order valence-corrected chi connectivity index (χ4v) is 4.22. The molecule has 0 spiro atoms. The van der Waals surface area contributed by atoms with Crippen molar-refractivity contribution in [1.82, 2.24) is 9.88 Å². The third-order valence-corrected chi connectivity index (χ3v) is 6.28. The molecule has 0 unspecified atom stereocenters. The number of nitrogens with one attached hydrogen (secondary N) is 2. The lowest BCUT2D eigenvalue weighted by atomic mass is 10.1. The molecule has 0 saturated carbocycles. The smallest absolute Gasteiger partial charge is 0.275 e. The number of sulfonamides is 1. The second-order valence-electron chi connectivity index (χ2n) is 7.47.